The Kier molecular flexibility index (Phi) is 6.37. The van der Waals surface area contributed by atoms with Crippen LogP contribution in [0.4, 0.5) is 10.1 Å². The van der Waals surface area contributed by atoms with Crippen molar-refractivity contribution in [2.45, 2.75) is 29.6 Å². The summed E-state index contributed by atoms with van der Waals surface area (Å²) >= 11 is 6.50. The van der Waals surface area contributed by atoms with E-state index in [0.717, 1.165) is 5.56 Å². The van der Waals surface area contributed by atoms with E-state index in [1.54, 1.807) is 37.4 Å². The van der Waals surface area contributed by atoms with Gasteiger partial charge in [0, 0.05) is 17.8 Å². The predicted octanol–water partition coefficient (Wildman–Crippen LogP) is 5.86. The molecule has 1 spiro atoms. The fourth-order valence-electron chi connectivity index (χ4n) is 7.49. The lowest BCUT2D eigenvalue weighted by atomic mass is 9.65. The van der Waals surface area contributed by atoms with Crippen LogP contribution < -0.4 is 4.90 Å². The molecule has 0 unspecified atom stereocenters. The van der Waals surface area contributed by atoms with E-state index in [2.05, 4.69) is 0 Å². The number of carbonyl (C=O) groups is 3. The number of anilines is 1. The van der Waals surface area contributed by atoms with E-state index in [1.165, 1.54) is 17.0 Å². The van der Waals surface area contributed by atoms with E-state index in [0.29, 0.717) is 27.4 Å². The number of rotatable bonds is 4. The molecular weight excluding hydrogens is 571 g/mol. The van der Waals surface area contributed by atoms with Crippen LogP contribution in [0.2, 0.25) is 5.02 Å². The number of nitrogens with zero attached hydrogens (tertiary/aromatic N) is 2. The number of hydrogen-bond donors (Lipinski definition) is 1. The van der Waals surface area contributed by atoms with Gasteiger partial charge in [-0.25, -0.2) is 4.39 Å². The minimum absolute atomic E-state index is 0.317. The molecule has 3 aliphatic rings. The van der Waals surface area contributed by atoms with Crippen molar-refractivity contribution >= 4 is 35.1 Å². The Labute approximate surface area is 252 Å². The number of ether oxygens (including phenoxy) is 1. The average molecular weight is 597 g/mol. The summed E-state index contributed by atoms with van der Waals surface area (Å²) in [5, 5.41) is 11.3. The third kappa shape index (κ3) is 3.86. The molecule has 0 bridgehead atoms. The van der Waals surface area contributed by atoms with Crippen LogP contribution in [-0.2, 0) is 24.5 Å². The number of carboxylic acids is 1. The average Bonchev–Trinajstić information content (AvgIpc) is 3.44. The van der Waals surface area contributed by atoms with Crippen LogP contribution in [0.3, 0.4) is 0 Å². The molecule has 0 aliphatic carbocycles. The number of morpholine rings is 1. The van der Waals surface area contributed by atoms with Crippen LogP contribution in [0.1, 0.15) is 40.4 Å². The zero-order valence-corrected chi connectivity index (χ0v) is 23.7. The van der Waals surface area contributed by atoms with Crippen molar-refractivity contribution in [1.29, 1.82) is 0 Å². The number of halogens is 2. The summed E-state index contributed by atoms with van der Waals surface area (Å²) in [6.07, 6.45) is -0.826. The van der Waals surface area contributed by atoms with Crippen LogP contribution in [-0.4, -0.2) is 40.9 Å². The molecule has 216 valence electrons. The molecule has 4 aromatic carbocycles. The molecule has 7 nitrogen and oxygen atoms in total. The van der Waals surface area contributed by atoms with Crippen molar-refractivity contribution in [3.05, 3.63) is 136 Å². The number of cyclic esters (lactones) is 1. The Morgan fingerprint density at radius 1 is 0.860 bits per heavy atom. The van der Waals surface area contributed by atoms with Gasteiger partial charge in [0.05, 0.1) is 12.1 Å². The minimum Gasteiger partial charge on any atom is -0.481 e. The second kappa shape index (κ2) is 10.0. The highest BCUT2D eigenvalue weighted by Crippen LogP contribution is 2.65. The maximum Gasteiger partial charge on any atom is 0.325 e. The number of fused-ring (bicyclic) bond motifs is 3. The van der Waals surface area contributed by atoms with E-state index >= 15 is 0 Å². The highest BCUT2D eigenvalue weighted by Gasteiger charge is 2.75. The second-order valence-electron chi connectivity index (χ2n) is 11.2. The van der Waals surface area contributed by atoms with E-state index in [1.807, 2.05) is 65.6 Å². The molecule has 6 atom stereocenters. The first kappa shape index (κ1) is 27.3. The van der Waals surface area contributed by atoms with Crippen molar-refractivity contribution < 1.29 is 28.6 Å². The Morgan fingerprint density at radius 3 is 2.12 bits per heavy atom. The van der Waals surface area contributed by atoms with Gasteiger partial charge in [-0.2, -0.15) is 0 Å². The number of benzene rings is 4. The zero-order valence-electron chi connectivity index (χ0n) is 22.9. The van der Waals surface area contributed by atoms with Crippen LogP contribution in [0.5, 0.6) is 0 Å². The Bertz CT molecular complexity index is 1750. The van der Waals surface area contributed by atoms with Gasteiger partial charge in [0.15, 0.2) is 0 Å². The molecule has 2 saturated heterocycles. The molecule has 3 aliphatic heterocycles. The van der Waals surface area contributed by atoms with E-state index in [9.17, 15) is 23.9 Å². The molecular formula is C34H26ClFN2O5. The summed E-state index contributed by atoms with van der Waals surface area (Å²) in [6.45, 7) is 0. The fourth-order valence-corrected chi connectivity index (χ4v) is 7.67. The van der Waals surface area contributed by atoms with E-state index < -0.39 is 59.2 Å². The Hall–Kier alpha value is -4.53. The molecule has 0 saturated carbocycles. The molecule has 1 N–H and O–H groups in total. The number of esters is 1. The highest BCUT2D eigenvalue weighted by atomic mass is 35.5. The molecule has 2 fully saturated rings. The highest BCUT2D eigenvalue weighted by molar-refractivity contribution is 6.31. The minimum atomic E-state index is -1.79. The molecule has 9 heteroatoms. The molecule has 1 amide bonds. The normalized spacial score (nSPS) is 28.1. The summed E-state index contributed by atoms with van der Waals surface area (Å²) in [5.41, 5.74) is 1.09. The van der Waals surface area contributed by atoms with Crippen molar-refractivity contribution in [2.75, 3.05) is 11.9 Å². The van der Waals surface area contributed by atoms with Crippen LogP contribution >= 0.6 is 11.6 Å². The summed E-state index contributed by atoms with van der Waals surface area (Å²) in [4.78, 5) is 45.5. The lowest BCUT2D eigenvalue weighted by molar-refractivity contribution is -0.179. The van der Waals surface area contributed by atoms with Crippen LogP contribution in [0.25, 0.3) is 0 Å². The third-order valence-electron chi connectivity index (χ3n) is 9.09. The van der Waals surface area contributed by atoms with E-state index in [4.69, 9.17) is 16.3 Å². The van der Waals surface area contributed by atoms with Crippen LogP contribution in [0, 0.1) is 11.7 Å². The first-order valence-electron chi connectivity index (χ1n) is 13.9. The lowest BCUT2D eigenvalue weighted by Gasteiger charge is -2.46. The number of amides is 1. The standard InChI is InChI=1S/C34H26ClFN2O5/c1-37-25-17-14-22(35)18-24(25)34(33(37)42)26(31(39)40)28-32(41)43-29(20-10-6-3-7-11-20)27(19-8-4-2-5-9-19)38(28)30(34)21-12-15-23(36)16-13-21/h2-18,26-30H,1H3,(H,39,40)/t26-,27-,28-,29+,30+,34-/m0/s1. The Morgan fingerprint density at radius 2 is 1.49 bits per heavy atom. The fraction of sp³-hybridized carbons (Fsp3) is 0.206. The molecule has 7 rings (SSSR count). The molecule has 3 heterocycles. The third-order valence-corrected chi connectivity index (χ3v) is 9.33. The number of carboxylic acid groups (broad SMARTS) is 1. The second-order valence-corrected chi connectivity index (χ2v) is 11.6. The quantitative estimate of drug-likeness (QED) is 0.297. The Balaban J connectivity index is 1.58. The number of aliphatic carboxylic acids is 1. The maximum atomic E-state index is 14.7. The topological polar surface area (TPSA) is 87.2 Å². The van der Waals surface area contributed by atoms with Gasteiger partial charge >= 0.3 is 11.9 Å². The number of likely N-dealkylation sites (N-methyl/N-ethyl adjacent to an activating group) is 1. The predicted molar refractivity (Wildman–Crippen MR) is 157 cm³/mol. The van der Waals surface area contributed by atoms with E-state index in [-0.39, 0.29) is 0 Å². The zero-order chi connectivity index (χ0) is 30.0. The van der Waals surface area contributed by atoms with Crippen LogP contribution in [0.15, 0.2) is 103 Å². The first-order valence-corrected chi connectivity index (χ1v) is 14.3. The van der Waals surface area contributed by atoms with Crippen molar-refractivity contribution in [3.8, 4) is 0 Å². The van der Waals surface area contributed by atoms with Gasteiger partial charge in [-0.1, -0.05) is 84.4 Å². The van der Waals surface area contributed by atoms with Gasteiger partial charge in [-0.15, -0.1) is 0 Å². The van der Waals surface area contributed by atoms with Gasteiger partial charge in [-0.3, -0.25) is 19.3 Å². The van der Waals surface area contributed by atoms with Gasteiger partial charge < -0.3 is 14.7 Å². The summed E-state index contributed by atoms with van der Waals surface area (Å²) in [5.74, 6) is -4.59. The lowest BCUT2D eigenvalue weighted by Crippen LogP contribution is -2.52. The number of carbonyl (C=O) groups excluding carboxylic acids is 2. The SMILES string of the molecule is CN1C(=O)[C@@]2(c3cc(Cl)ccc31)[C@H](C(=O)O)[C@H]1C(=O)O[C@H](c3ccccc3)[C@H](c3ccccc3)N1[C@@H]2c1ccc(F)cc1. The maximum absolute atomic E-state index is 14.7. The smallest absolute Gasteiger partial charge is 0.325 e. The molecule has 43 heavy (non-hydrogen) atoms. The molecule has 4 aromatic rings. The molecule has 0 aromatic heterocycles. The molecule has 0 radical (unpaired) electrons. The number of hydrogen-bond acceptors (Lipinski definition) is 5. The monoisotopic (exact) mass is 596 g/mol. The van der Waals surface area contributed by atoms with Gasteiger partial charge in [0.2, 0.25) is 5.91 Å². The first-order chi connectivity index (χ1) is 20.7. The summed E-state index contributed by atoms with van der Waals surface area (Å²) in [7, 11) is 1.58. The van der Waals surface area contributed by atoms with Crippen molar-refractivity contribution in [1.82, 2.24) is 4.90 Å². The summed E-state index contributed by atoms with van der Waals surface area (Å²) in [6, 6.07) is 26.2. The van der Waals surface area contributed by atoms with Crippen molar-refractivity contribution in [2.24, 2.45) is 5.92 Å². The van der Waals surface area contributed by atoms with Gasteiger partial charge in [-0.05, 0) is 52.6 Å². The van der Waals surface area contributed by atoms with Gasteiger partial charge in [0.25, 0.3) is 0 Å². The largest absolute Gasteiger partial charge is 0.481 e. The summed E-state index contributed by atoms with van der Waals surface area (Å²) < 4.78 is 20.5. The van der Waals surface area contributed by atoms with Gasteiger partial charge in [0.1, 0.15) is 29.3 Å². The van der Waals surface area contributed by atoms with Crippen molar-refractivity contribution in [3.63, 3.8) is 0 Å².